The predicted molar refractivity (Wildman–Crippen MR) is 84.3 cm³/mol. The van der Waals surface area contributed by atoms with Gasteiger partial charge in [0.15, 0.2) is 0 Å². The minimum absolute atomic E-state index is 0.504. The Morgan fingerprint density at radius 1 is 1.25 bits per heavy atom. The summed E-state index contributed by atoms with van der Waals surface area (Å²) >= 11 is 0. The molecule has 0 amide bonds. The summed E-state index contributed by atoms with van der Waals surface area (Å²) in [4.78, 5) is 2.58. The van der Waals surface area contributed by atoms with Crippen molar-refractivity contribution >= 4 is 0 Å². The number of nitrogens with zero attached hydrogens (tertiary/aromatic N) is 1. The quantitative estimate of drug-likeness (QED) is 0.893. The SMILES string of the molecule is CCC(c1ccc(OC)cc1)N(C)C1CCCNCC1. The molecule has 1 heterocycles. The van der Waals surface area contributed by atoms with Gasteiger partial charge in [0.2, 0.25) is 0 Å². The van der Waals surface area contributed by atoms with Gasteiger partial charge in [-0.1, -0.05) is 19.1 Å². The van der Waals surface area contributed by atoms with E-state index in [9.17, 15) is 0 Å². The van der Waals surface area contributed by atoms with E-state index in [1.54, 1.807) is 7.11 Å². The fourth-order valence-corrected chi connectivity index (χ4v) is 3.25. The molecule has 1 saturated heterocycles. The first-order chi connectivity index (χ1) is 9.76. The molecule has 2 atom stereocenters. The second-order valence-corrected chi connectivity index (χ2v) is 5.70. The molecule has 3 nitrogen and oxygen atoms in total. The Bertz CT molecular complexity index is 382. The van der Waals surface area contributed by atoms with Crippen molar-refractivity contribution in [1.29, 1.82) is 0 Å². The number of hydrogen-bond acceptors (Lipinski definition) is 3. The van der Waals surface area contributed by atoms with E-state index in [0.29, 0.717) is 12.1 Å². The molecule has 1 aliphatic rings. The largest absolute Gasteiger partial charge is 0.497 e. The zero-order chi connectivity index (χ0) is 14.4. The maximum absolute atomic E-state index is 5.25. The lowest BCUT2D eigenvalue weighted by Crippen LogP contribution is -2.35. The highest BCUT2D eigenvalue weighted by atomic mass is 16.5. The van der Waals surface area contributed by atoms with Crippen molar-refractivity contribution in [3.63, 3.8) is 0 Å². The molecule has 3 heteroatoms. The third-order valence-electron chi connectivity index (χ3n) is 4.50. The first kappa shape index (κ1) is 15.3. The van der Waals surface area contributed by atoms with Crippen molar-refractivity contribution in [2.45, 2.75) is 44.7 Å². The van der Waals surface area contributed by atoms with E-state index in [1.165, 1.54) is 31.4 Å². The monoisotopic (exact) mass is 276 g/mol. The van der Waals surface area contributed by atoms with Crippen molar-refractivity contribution in [2.75, 3.05) is 27.2 Å². The summed E-state index contributed by atoms with van der Waals surface area (Å²) < 4.78 is 5.25. The van der Waals surface area contributed by atoms with E-state index in [4.69, 9.17) is 4.74 Å². The average Bonchev–Trinajstić information content (AvgIpc) is 2.77. The average molecular weight is 276 g/mol. The van der Waals surface area contributed by atoms with Crippen LogP contribution in [0.5, 0.6) is 5.75 Å². The Morgan fingerprint density at radius 3 is 2.65 bits per heavy atom. The summed E-state index contributed by atoms with van der Waals surface area (Å²) in [5.41, 5.74) is 1.40. The highest BCUT2D eigenvalue weighted by Crippen LogP contribution is 2.28. The van der Waals surface area contributed by atoms with Gasteiger partial charge in [-0.15, -0.1) is 0 Å². The molecule has 2 rings (SSSR count). The van der Waals surface area contributed by atoms with Crippen LogP contribution in [0.25, 0.3) is 0 Å². The van der Waals surface area contributed by atoms with Crippen LogP contribution in [-0.4, -0.2) is 38.2 Å². The summed E-state index contributed by atoms with van der Waals surface area (Å²) in [6, 6.07) is 9.75. The van der Waals surface area contributed by atoms with E-state index in [-0.39, 0.29) is 0 Å². The number of methoxy groups -OCH3 is 1. The van der Waals surface area contributed by atoms with Crippen molar-refractivity contribution in [2.24, 2.45) is 0 Å². The van der Waals surface area contributed by atoms with Gasteiger partial charge in [-0.05, 0) is 63.5 Å². The van der Waals surface area contributed by atoms with Gasteiger partial charge in [0.1, 0.15) is 5.75 Å². The van der Waals surface area contributed by atoms with Gasteiger partial charge in [0.05, 0.1) is 7.11 Å². The third-order valence-corrected chi connectivity index (χ3v) is 4.50. The highest BCUT2D eigenvalue weighted by Gasteiger charge is 2.23. The molecule has 1 N–H and O–H groups in total. The molecule has 2 unspecified atom stereocenters. The molecular formula is C17H28N2O. The molecule has 0 saturated carbocycles. The fourth-order valence-electron chi connectivity index (χ4n) is 3.25. The van der Waals surface area contributed by atoms with Crippen molar-refractivity contribution < 1.29 is 4.74 Å². The number of benzene rings is 1. The van der Waals surface area contributed by atoms with Crippen LogP contribution in [0.15, 0.2) is 24.3 Å². The van der Waals surface area contributed by atoms with E-state index in [1.807, 2.05) is 0 Å². The fraction of sp³-hybridized carbons (Fsp3) is 0.647. The van der Waals surface area contributed by atoms with Crippen LogP contribution in [-0.2, 0) is 0 Å². The summed E-state index contributed by atoms with van der Waals surface area (Å²) in [5, 5.41) is 3.50. The molecule has 1 aromatic carbocycles. The molecule has 0 aromatic heterocycles. The van der Waals surface area contributed by atoms with E-state index >= 15 is 0 Å². The molecule has 0 bridgehead atoms. The van der Waals surface area contributed by atoms with Crippen LogP contribution in [0.2, 0.25) is 0 Å². The van der Waals surface area contributed by atoms with Gasteiger partial charge in [0.25, 0.3) is 0 Å². The van der Waals surface area contributed by atoms with Crippen LogP contribution < -0.4 is 10.1 Å². The molecule has 0 radical (unpaired) electrons. The Kier molecular flexibility index (Phi) is 5.86. The van der Waals surface area contributed by atoms with Gasteiger partial charge >= 0.3 is 0 Å². The molecule has 112 valence electrons. The van der Waals surface area contributed by atoms with Crippen LogP contribution in [0, 0.1) is 0 Å². The smallest absolute Gasteiger partial charge is 0.118 e. The van der Waals surface area contributed by atoms with Gasteiger partial charge in [-0.2, -0.15) is 0 Å². The summed E-state index contributed by atoms with van der Waals surface area (Å²) in [7, 11) is 4.01. The molecule has 1 fully saturated rings. The van der Waals surface area contributed by atoms with E-state index < -0.39 is 0 Å². The molecule has 0 spiro atoms. The molecule has 1 aliphatic heterocycles. The minimum Gasteiger partial charge on any atom is -0.497 e. The van der Waals surface area contributed by atoms with Gasteiger partial charge < -0.3 is 10.1 Å². The van der Waals surface area contributed by atoms with Crippen molar-refractivity contribution in [3.05, 3.63) is 29.8 Å². The molecule has 0 aliphatic carbocycles. The van der Waals surface area contributed by atoms with E-state index in [2.05, 4.69) is 48.5 Å². The number of nitrogens with one attached hydrogen (secondary N) is 1. The topological polar surface area (TPSA) is 24.5 Å². The Balaban J connectivity index is 2.08. The Morgan fingerprint density at radius 2 is 2.00 bits per heavy atom. The normalized spacial score (nSPS) is 21.5. The third kappa shape index (κ3) is 3.74. The maximum Gasteiger partial charge on any atom is 0.118 e. The van der Waals surface area contributed by atoms with Crippen LogP contribution in [0.4, 0.5) is 0 Å². The minimum atomic E-state index is 0.504. The highest BCUT2D eigenvalue weighted by molar-refractivity contribution is 5.29. The van der Waals surface area contributed by atoms with Gasteiger partial charge in [-0.25, -0.2) is 0 Å². The van der Waals surface area contributed by atoms with Gasteiger partial charge in [-0.3, -0.25) is 4.90 Å². The zero-order valence-corrected chi connectivity index (χ0v) is 13.1. The lowest BCUT2D eigenvalue weighted by Gasteiger charge is -2.34. The first-order valence-electron chi connectivity index (χ1n) is 7.82. The molecule has 20 heavy (non-hydrogen) atoms. The van der Waals surface area contributed by atoms with Crippen molar-refractivity contribution in [1.82, 2.24) is 10.2 Å². The summed E-state index contributed by atoms with van der Waals surface area (Å²) in [6.45, 7) is 4.60. The summed E-state index contributed by atoms with van der Waals surface area (Å²) in [6.07, 6.45) is 4.99. The maximum atomic E-state index is 5.25. The summed E-state index contributed by atoms with van der Waals surface area (Å²) in [5.74, 6) is 0.935. The number of rotatable bonds is 5. The first-order valence-corrected chi connectivity index (χ1v) is 7.82. The van der Waals surface area contributed by atoms with Crippen LogP contribution >= 0.6 is 0 Å². The second kappa shape index (κ2) is 7.65. The second-order valence-electron chi connectivity index (χ2n) is 5.70. The number of ether oxygens (including phenoxy) is 1. The van der Waals surface area contributed by atoms with E-state index in [0.717, 1.165) is 18.7 Å². The van der Waals surface area contributed by atoms with Crippen molar-refractivity contribution in [3.8, 4) is 5.75 Å². The molecule has 1 aromatic rings. The lowest BCUT2D eigenvalue weighted by atomic mass is 9.98. The Hall–Kier alpha value is -1.06. The number of hydrogen-bond donors (Lipinski definition) is 1. The Labute approximate surface area is 123 Å². The standard InChI is InChI=1S/C17H28N2O/c1-4-17(14-7-9-16(20-3)10-8-14)19(2)15-6-5-12-18-13-11-15/h7-10,15,17-18H,4-6,11-13H2,1-3H3. The van der Waals surface area contributed by atoms with Crippen LogP contribution in [0.3, 0.4) is 0 Å². The molecular weight excluding hydrogens is 248 g/mol. The lowest BCUT2D eigenvalue weighted by molar-refractivity contribution is 0.156. The zero-order valence-electron chi connectivity index (χ0n) is 13.1. The van der Waals surface area contributed by atoms with Gasteiger partial charge in [0, 0.05) is 12.1 Å². The van der Waals surface area contributed by atoms with Crippen LogP contribution in [0.1, 0.15) is 44.2 Å². The predicted octanol–water partition coefficient (Wildman–Crippen LogP) is 3.22.